The Labute approximate surface area is 98.4 Å². The first-order valence-corrected chi connectivity index (χ1v) is 5.31. The predicted molar refractivity (Wildman–Crippen MR) is 60.6 cm³/mol. The van der Waals surface area contributed by atoms with Gasteiger partial charge in [-0.15, -0.1) is 0 Å². The zero-order valence-corrected chi connectivity index (χ0v) is 9.47. The number of carboxylic acid groups (broad SMARTS) is 1. The maximum atomic E-state index is 10.9. The van der Waals surface area contributed by atoms with Crippen LogP contribution in [0.5, 0.6) is 0 Å². The molecule has 1 rings (SSSR count). The number of aliphatic hydroxyl groups is 1. The van der Waals surface area contributed by atoms with Crippen LogP contribution in [-0.4, -0.2) is 22.0 Å². The van der Waals surface area contributed by atoms with Crippen molar-refractivity contribution in [3.63, 3.8) is 0 Å². The molecule has 0 aliphatic rings. The van der Waals surface area contributed by atoms with E-state index in [-0.39, 0.29) is 5.76 Å². The van der Waals surface area contributed by atoms with Gasteiger partial charge in [-0.1, -0.05) is 13.3 Å². The highest BCUT2D eigenvalue weighted by Gasteiger charge is 2.14. The minimum Gasteiger partial charge on any atom is -0.507 e. The molecule has 0 aliphatic heterocycles. The summed E-state index contributed by atoms with van der Waals surface area (Å²) in [4.78, 5) is 21.2. The van der Waals surface area contributed by atoms with E-state index >= 15 is 0 Å². The lowest BCUT2D eigenvalue weighted by molar-refractivity contribution is -0.146. The van der Waals surface area contributed by atoms with Gasteiger partial charge in [0.15, 0.2) is 0 Å². The largest absolute Gasteiger partial charge is 0.507 e. The van der Waals surface area contributed by atoms with Crippen LogP contribution in [0.1, 0.15) is 31.1 Å². The lowest BCUT2D eigenvalue weighted by Crippen LogP contribution is -2.09. The number of aliphatic hydroxyl groups excluding tert-OH is 1. The van der Waals surface area contributed by atoms with Crippen molar-refractivity contribution in [3.8, 4) is 0 Å². The van der Waals surface area contributed by atoms with Crippen LogP contribution in [0.4, 0.5) is 0 Å². The van der Waals surface area contributed by atoms with Crippen molar-refractivity contribution in [2.24, 2.45) is 0 Å². The third-order valence-electron chi connectivity index (χ3n) is 2.26. The number of carbonyl (C=O) groups excluding carboxylic acids is 1. The van der Waals surface area contributed by atoms with Gasteiger partial charge in [-0.25, -0.2) is 4.79 Å². The Kier molecular flexibility index (Phi) is 4.51. The molecule has 0 saturated heterocycles. The highest BCUT2D eigenvalue weighted by atomic mass is 16.4. The molecule has 0 bridgehead atoms. The van der Waals surface area contributed by atoms with Gasteiger partial charge in [-0.05, 0) is 12.5 Å². The van der Waals surface area contributed by atoms with Crippen LogP contribution in [0.15, 0.2) is 22.8 Å². The molecular formula is C12H14O5. The zero-order valence-electron chi connectivity index (χ0n) is 9.47. The van der Waals surface area contributed by atoms with Gasteiger partial charge in [0.05, 0.1) is 11.8 Å². The first-order chi connectivity index (χ1) is 8.06. The van der Waals surface area contributed by atoms with E-state index in [2.05, 4.69) is 0 Å². The number of hydrogen-bond acceptors (Lipinski definition) is 4. The maximum Gasteiger partial charge on any atom is 0.376 e. The van der Waals surface area contributed by atoms with Crippen molar-refractivity contribution < 1.29 is 24.2 Å². The van der Waals surface area contributed by atoms with E-state index < -0.39 is 11.8 Å². The Morgan fingerprint density at radius 1 is 1.41 bits per heavy atom. The van der Waals surface area contributed by atoms with E-state index in [1.54, 1.807) is 0 Å². The summed E-state index contributed by atoms with van der Waals surface area (Å²) in [7, 11) is 0. The quantitative estimate of drug-likeness (QED) is 0.450. The summed E-state index contributed by atoms with van der Waals surface area (Å²) in [6.45, 7) is 2.02. The Hall–Kier alpha value is -2.04. The van der Waals surface area contributed by atoms with Gasteiger partial charge in [0.2, 0.25) is 0 Å². The number of furan rings is 1. The molecule has 0 aromatic carbocycles. The minimum atomic E-state index is -1.60. The monoisotopic (exact) mass is 238 g/mol. The van der Waals surface area contributed by atoms with Crippen LogP contribution < -0.4 is 0 Å². The van der Waals surface area contributed by atoms with Crippen molar-refractivity contribution in [1.29, 1.82) is 0 Å². The molecule has 92 valence electrons. The van der Waals surface area contributed by atoms with Crippen LogP contribution in [0.3, 0.4) is 0 Å². The number of hydrogen-bond donors (Lipinski definition) is 2. The van der Waals surface area contributed by atoms with Crippen molar-refractivity contribution >= 4 is 17.5 Å². The molecule has 17 heavy (non-hydrogen) atoms. The number of aliphatic carboxylic acids is 1. The summed E-state index contributed by atoms with van der Waals surface area (Å²) in [5.74, 6) is -2.59. The molecule has 0 unspecified atom stereocenters. The molecule has 0 radical (unpaired) electrons. The molecular weight excluding hydrogens is 224 g/mol. The Balaban J connectivity index is 2.88. The molecule has 5 heteroatoms. The average molecular weight is 238 g/mol. The number of aryl methyl sites for hydroxylation is 1. The van der Waals surface area contributed by atoms with E-state index in [0.29, 0.717) is 23.8 Å². The van der Waals surface area contributed by atoms with Crippen LogP contribution in [0.25, 0.3) is 5.76 Å². The van der Waals surface area contributed by atoms with E-state index in [0.717, 1.165) is 12.8 Å². The minimum absolute atomic E-state index is 0.369. The van der Waals surface area contributed by atoms with E-state index in [1.165, 1.54) is 12.3 Å². The molecule has 1 aromatic heterocycles. The van der Waals surface area contributed by atoms with E-state index in [9.17, 15) is 14.7 Å². The third-order valence-corrected chi connectivity index (χ3v) is 2.26. The molecule has 1 aromatic rings. The molecule has 5 nitrogen and oxygen atoms in total. The number of carbonyl (C=O) groups is 2. The fraction of sp³-hybridized carbons (Fsp3) is 0.333. The van der Waals surface area contributed by atoms with Gasteiger partial charge >= 0.3 is 5.97 Å². The van der Waals surface area contributed by atoms with Crippen LogP contribution in [0.2, 0.25) is 0 Å². The summed E-state index contributed by atoms with van der Waals surface area (Å²) in [5.41, 5.74) is 0.369. The molecule has 0 aliphatic carbocycles. The van der Waals surface area contributed by atoms with Gasteiger partial charge in [0.1, 0.15) is 11.5 Å². The molecule has 0 fully saturated rings. The highest BCUT2D eigenvalue weighted by Crippen LogP contribution is 2.20. The summed E-state index contributed by atoms with van der Waals surface area (Å²) in [6.07, 6.45) is 4.58. The number of carboxylic acids is 1. The second-order valence-electron chi connectivity index (χ2n) is 3.56. The number of unbranched alkanes of at least 4 members (excludes halogenated alkanes) is 1. The first kappa shape index (κ1) is 13.0. The fourth-order valence-corrected chi connectivity index (χ4v) is 1.36. The molecule has 0 spiro atoms. The highest BCUT2D eigenvalue weighted by molar-refractivity contribution is 6.38. The predicted octanol–water partition coefficient (Wildman–Crippen LogP) is 2.17. The molecule has 1 heterocycles. The Bertz CT molecular complexity index is 442. The van der Waals surface area contributed by atoms with Crippen LogP contribution in [-0.2, 0) is 16.0 Å². The van der Waals surface area contributed by atoms with Crippen LogP contribution in [0, 0.1) is 0 Å². The van der Waals surface area contributed by atoms with Crippen molar-refractivity contribution in [3.05, 3.63) is 29.7 Å². The summed E-state index contributed by atoms with van der Waals surface area (Å²) >= 11 is 0. The van der Waals surface area contributed by atoms with E-state index in [4.69, 9.17) is 9.52 Å². The molecule has 0 atom stereocenters. The van der Waals surface area contributed by atoms with Crippen molar-refractivity contribution in [2.45, 2.75) is 26.2 Å². The SMILES string of the molecule is CCCCc1occc1C(O)=CC(=O)C(=O)O. The Morgan fingerprint density at radius 3 is 2.71 bits per heavy atom. The van der Waals surface area contributed by atoms with Crippen molar-refractivity contribution in [2.75, 3.05) is 0 Å². The Morgan fingerprint density at radius 2 is 2.12 bits per heavy atom. The second-order valence-corrected chi connectivity index (χ2v) is 3.56. The third kappa shape index (κ3) is 3.48. The molecule has 0 saturated carbocycles. The normalized spacial score (nSPS) is 11.5. The van der Waals surface area contributed by atoms with Gasteiger partial charge in [0, 0.05) is 12.5 Å². The lowest BCUT2D eigenvalue weighted by atomic mass is 10.1. The van der Waals surface area contributed by atoms with Gasteiger partial charge in [0.25, 0.3) is 5.78 Å². The molecule has 0 amide bonds. The first-order valence-electron chi connectivity index (χ1n) is 5.31. The lowest BCUT2D eigenvalue weighted by Gasteiger charge is -2.00. The topological polar surface area (TPSA) is 87.7 Å². The number of rotatable bonds is 6. The second kappa shape index (κ2) is 5.89. The average Bonchev–Trinajstić information content (AvgIpc) is 2.74. The van der Waals surface area contributed by atoms with Gasteiger partial charge < -0.3 is 14.6 Å². The summed E-state index contributed by atoms with van der Waals surface area (Å²) in [5, 5.41) is 18.0. The summed E-state index contributed by atoms with van der Waals surface area (Å²) < 4.78 is 5.17. The summed E-state index contributed by atoms with van der Waals surface area (Å²) in [6, 6.07) is 1.51. The van der Waals surface area contributed by atoms with E-state index in [1.807, 2.05) is 6.92 Å². The number of ketones is 1. The van der Waals surface area contributed by atoms with Crippen molar-refractivity contribution in [1.82, 2.24) is 0 Å². The van der Waals surface area contributed by atoms with Gasteiger partial charge in [-0.3, -0.25) is 4.79 Å². The van der Waals surface area contributed by atoms with Gasteiger partial charge in [-0.2, -0.15) is 0 Å². The zero-order chi connectivity index (χ0) is 12.8. The maximum absolute atomic E-state index is 10.9. The molecule has 2 N–H and O–H groups in total. The smallest absolute Gasteiger partial charge is 0.376 e. The van der Waals surface area contributed by atoms with Crippen LogP contribution >= 0.6 is 0 Å². The fourth-order valence-electron chi connectivity index (χ4n) is 1.36. The standard InChI is InChI=1S/C12H14O5/c1-2-3-4-11-8(5-6-17-11)9(13)7-10(14)12(15)16/h5-7,13H,2-4H2,1H3,(H,15,16).